The fourth-order valence-corrected chi connectivity index (χ4v) is 3.78. The summed E-state index contributed by atoms with van der Waals surface area (Å²) in [4.78, 5) is 14.1. The molecule has 0 bridgehead atoms. The number of rotatable bonds is 3. The van der Waals surface area contributed by atoms with Crippen LogP contribution in [0.25, 0.3) is 11.0 Å². The number of hydrogen-bond acceptors (Lipinski definition) is 4. The number of nitrogens with zero attached hydrogens (tertiary/aromatic N) is 1. The normalized spacial score (nSPS) is 13.6. The van der Waals surface area contributed by atoms with Crippen molar-refractivity contribution in [3.05, 3.63) is 68.5 Å². The summed E-state index contributed by atoms with van der Waals surface area (Å²) in [5.41, 5.74) is 4.36. The van der Waals surface area contributed by atoms with Crippen LogP contribution >= 0.6 is 11.6 Å². The molecule has 4 rings (SSSR count). The van der Waals surface area contributed by atoms with Crippen molar-refractivity contribution >= 4 is 28.3 Å². The Labute approximate surface area is 156 Å². The van der Waals surface area contributed by atoms with Gasteiger partial charge < -0.3 is 14.1 Å². The molecule has 0 saturated carbocycles. The third kappa shape index (κ3) is 2.95. The van der Waals surface area contributed by atoms with Crippen LogP contribution in [0.4, 0.5) is 5.69 Å². The van der Waals surface area contributed by atoms with E-state index in [1.807, 2.05) is 31.2 Å². The Hall–Kier alpha value is -2.46. The third-order valence-electron chi connectivity index (χ3n) is 4.80. The Bertz CT molecular complexity index is 1040. The van der Waals surface area contributed by atoms with E-state index in [-0.39, 0.29) is 5.63 Å². The topological polar surface area (TPSA) is 42.7 Å². The van der Waals surface area contributed by atoms with Gasteiger partial charge in [0.05, 0.1) is 0 Å². The van der Waals surface area contributed by atoms with Crippen LogP contribution in [0.1, 0.15) is 30.0 Å². The number of halogens is 1. The number of aryl methyl sites for hydroxylation is 2. The van der Waals surface area contributed by atoms with E-state index >= 15 is 0 Å². The summed E-state index contributed by atoms with van der Waals surface area (Å²) < 4.78 is 11.5. The molecule has 0 aliphatic carbocycles. The SMILES string of the molecule is CCCc1cc(=O)oc2c(C)c3c(cc12)CN(c1cccc(Cl)c1)CO3. The molecule has 4 nitrogen and oxygen atoms in total. The maximum Gasteiger partial charge on any atom is 0.336 e. The van der Waals surface area contributed by atoms with Gasteiger partial charge in [0.15, 0.2) is 6.73 Å². The van der Waals surface area contributed by atoms with E-state index in [9.17, 15) is 4.79 Å². The highest BCUT2D eigenvalue weighted by atomic mass is 35.5. The molecular formula is C21H20ClNO3. The van der Waals surface area contributed by atoms with Crippen molar-refractivity contribution in [3.8, 4) is 5.75 Å². The van der Waals surface area contributed by atoms with Crippen LogP contribution in [0, 0.1) is 6.92 Å². The maximum absolute atomic E-state index is 11.9. The van der Waals surface area contributed by atoms with Crippen LogP contribution in [0.5, 0.6) is 5.75 Å². The predicted molar refractivity (Wildman–Crippen MR) is 104 cm³/mol. The third-order valence-corrected chi connectivity index (χ3v) is 5.03. The molecule has 2 aromatic carbocycles. The first-order valence-electron chi connectivity index (χ1n) is 8.79. The van der Waals surface area contributed by atoms with Crippen LogP contribution in [-0.4, -0.2) is 6.73 Å². The Morgan fingerprint density at radius 3 is 2.85 bits per heavy atom. The quantitative estimate of drug-likeness (QED) is 0.605. The minimum atomic E-state index is -0.305. The van der Waals surface area contributed by atoms with Gasteiger partial charge in [-0.3, -0.25) is 0 Å². The van der Waals surface area contributed by atoms with Gasteiger partial charge in [0, 0.05) is 39.8 Å². The zero-order valence-electron chi connectivity index (χ0n) is 14.8. The summed E-state index contributed by atoms with van der Waals surface area (Å²) in [6, 6.07) is 11.5. The highest BCUT2D eigenvalue weighted by Crippen LogP contribution is 2.37. The first kappa shape index (κ1) is 17.0. The van der Waals surface area contributed by atoms with Gasteiger partial charge in [-0.25, -0.2) is 4.79 Å². The maximum atomic E-state index is 11.9. The average molecular weight is 370 g/mol. The van der Waals surface area contributed by atoms with E-state index in [1.165, 1.54) is 0 Å². The zero-order valence-corrected chi connectivity index (χ0v) is 15.6. The number of hydrogen-bond donors (Lipinski definition) is 0. The molecule has 0 fully saturated rings. The Kier molecular flexibility index (Phi) is 4.37. The smallest absolute Gasteiger partial charge is 0.336 e. The number of benzene rings is 2. The minimum Gasteiger partial charge on any atom is -0.472 e. The highest BCUT2D eigenvalue weighted by Gasteiger charge is 2.23. The molecule has 0 saturated heterocycles. The second-order valence-electron chi connectivity index (χ2n) is 6.66. The van der Waals surface area contributed by atoms with Gasteiger partial charge in [0.2, 0.25) is 0 Å². The number of anilines is 1. The Morgan fingerprint density at radius 1 is 1.23 bits per heavy atom. The molecule has 0 unspecified atom stereocenters. The van der Waals surface area contributed by atoms with E-state index in [4.69, 9.17) is 20.8 Å². The zero-order chi connectivity index (χ0) is 18.3. The van der Waals surface area contributed by atoms with Crippen molar-refractivity contribution < 1.29 is 9.15 Å². The van der Waals surface area contributed by atoms with E-state index < -0.39 is 0 Å². The van der Waals surface area contributed by atoms with Crippen LogP contribution in [0.3, 0.4) is 0 Å². The van der Waals surface area contributed by atoms with Crippen molar-refractivity contribution in [2.75, 3.05) is 11.6 Å². The van der Waals surface area contributed by atoms with Gasteiger partial charge in [0.25, 0.3) is 0 Å². The van der Waals surface area contributed by atoms with E-state index in [0.717, 1.165) is 52.9 Å². The highest BCUT2D eigenvalue weighted by molar-refractivity contribution is 6.30. The van der Waals surface area contributed by atoms with Crippen molar-refractivity contribution in [1.29, 1.82) is 0 Å². The second kappa shape index (κ2) is 6.69. The van der Waals surface area contributed by atoms with Crippen LogP contribution in [0.15, 0.2) is 45.6 Å². The average Bonchev–Trinajstić information content (AvgIpc) is 2.63. The first-order chi connectivity index (χ1) is 12.6. The predicted octanol–water partition coefficient (Wildman–Crippen LogP) is 5.06. The Balaban J connectivity index is 1.82. The standard InChI is InChI=1S/C21H20ClNO3/c1-3-5-14-9-19(24)26-21-13(2)20-15(8-18(14)21)11-23(12-25-20)17-7-4-6-16(22)10-17/h4,6-10H,3,5,11-12H2,1-2H3. The lowest BCUT2D eigenvalue weighted by atomic mass is 9.98. The molecule has 0 radical (unpaired) electrons. The largest absolute Gasteiger partial charge is 0.472 e. The summed E-state index contributed by atoms with van der Waals surface area (Å²) >= 11 is 6.13. The van der Waals surface area contributed by atoms with Gasteiger partial charge in [0.1, 0.15) is 11.3 Å². The molecular weight excluding hydrogens is 350 g/mol. The fraction of sp³-hybridized carbons (Fsp3) is 0.286. The monoisotopic (exact) mass is 369 g/mol. The first-order valence-corrected chi connectivity index (χ1v) is 9.17. The lowest BCUT2D eigenvalue weighted by Crippen LogP contribution is -2.32. The molecule has 1 aromatic heterocycles. The van der Waals surface area contributed by atoms with Gasteiger partial charge in [-0.05, 0) is 43.2 Å². The van der Waals surface area contributed by atoms with Crippen molar-refractivity contribution in [2.24, 2.45) is 0 Å². The van der Waals surface area contributed by atoms with Gasteiger partial charge in [-0.15, -0.1) is 0 Å². The molecule has 5 heteroatoms. The summed E-state index contributed by atoms with van der Waals surface area (Å²) in [5.74, 6) is 0.813. The summed E-state index contributed by atoms with van der Waals surface area (Å²) in [5, 5.41) is 1.70. The summed E-state index contributed by atoms with van der Waals surface area (Å²) in [6.07, 6.45) is 1.82. The van der Waals surface area contributed by atoms with Gasteiger partial charge in [-0.1, -0.05) is 31.0 Å². The lowest BCUT2D eigenvalue weighted by molar-refractivity contribution is 0.287. The number of ether oxygens (including phenoxy) is 1. The van der Waals surface area contributed by atoms with Gasteiger partial charge >= 0.3 is 5.63 Å². The fourth-order valence-electron chi connectivity index (χ4n) is 3.60. The molecule has 0 atom stereocenters. The van der Waals surface area contributed by atoms with Crippen molar-refractivity contribution in [3.63, 3.8) is 0 Å². The van der Waals surface area contributed by atoms with Crippen LogP contribution < -0.4 is 15.3 Å². The molecule has 0 N–H and O–H groups in total. The van der Waals surface area contributed by atoms with Crippen LogP contribution in [-0.2, 0) is 13.0 Å². The molecule has 26 heavy (non-hydrogen) atoms. The Morgan fingerprint density at radius 2 is 2.08 bits per heavy atom. The van der Waals surface area contributed by atoms with Crippen molar-refractivity contribution in [1.82, 2.24) is 0 Å². The second-order valence-corrected chi connectivity index (χ2v) is 7.09. The molecule has 1 aliphatic rings. The van der Waals surface area contributed by atoms with E-state index in [2.05, 4.69) is 17.9 Å². The summed E-state index contributed by atoms with van der Waals surface area (Å²) in [6.45, 7) is 5.21. The summed E-state index contributed by atoms with van der Waals surface area (Å²) in [7, 11) is 0. The van der Waals surface area contributed by atoms with E-state index in [0.29, 0.717) is 17.3 Å². The molecule has 3 aromatic rings. The van der Waals surface area contributed by atoms with Gasteiger partial charge in [-0.2, -0.15) is 0 Å². The number of fused-ring (bicyclic) bond motifs is 2. The molecule has 0 spiro atoms. The van der Waals surface area contributed by atoms with E-state index in [1.54, 1.807) is 6.07 Å². The molecule has 1 aliphatic heterocycles. The molecule has 134 valence electrons. The van der Waals surface area contributed by atoms with Crippen LogP contribution in [0.2, 0.25) is 5.02 Å². The lowest BCUT2D eigenvalue weighted by Gasteiger charge is -2.32. The molecule has 0 amide bonds. The minimum absolute atomic E-state index is 0.305. The molecule has 2 heterocycles. The van der Waals surface area contributed by atoms with Crippen molar-refractivity contribution in [2.45, 2.75) is 33.2 Å².